The molecule has 0 bridgehead atoms. The monoisotopic (exact) mass is 498 g/mol. The zero-order valence-corrected chi connectivity index (χ0v) is 20.7. The molecule has 0 saturated heterocycles. The predicted molar refractivity (Wildman–Crippen MR) is 134 cm³/mol. The van der Waals surface area contributed by atoms with Crippen LogP contribution in [0.25, 0.3) is 21.1 Å². The summed E-state index contributed by atoms with van der Waals surface area (Å²) >= 11 is 4.41. The number of nitrogens with one attached hydrogen (secondary N) is 2. The highest BCUT2D eigenvalue weighted by molar-refractivity contribution is 7.18. The molecule has 0 fully saturated rings. The fourth-order valence-electron chi connectivity index (χ4n) is 3.02. The Balaban J connectivity index is 1.44. The van der Waals surface area contributed by atoms with Crippen LogP contribution in [-0.2, 0) is 11.3 Å². The van der Waals surface area contributed by atoms with Crippen LogP contribution in [0.1, 0.15) is 34.1 Å². The van der Waals surface area contributed by atoms with Gasteiger partial charge in [-0.1, -0.05) is 0 Å². The van der Waals surface area contributed by atoms with Crippen LogP contribution in [0.15, 0.2) is 41.8 Å². The van der Waals surface area contributed by atoms with Crippen LogP contribution in [-0.4, -0.2) is 28.4 Å². The molecule has 3 aromatic heterocycles. The first kappa shape index (κ1) is 23.1. The van der Waals surface area contributed by atoms with Gasteiger partial charge in [-0.25, -0.2) is 9.97 Å². The van der Waals surface area contributed by atoms with Gasteiger partial charge >= 0.3 is 0 Å². The molecule has 33 heavy (non-hydrogen) atoms. The van der Waals surface area contributed by atoms with E-state index in [1.165, 1.54) is 29.6 Å². The first-order chi connectivity index (χ1) is 15.9. The number of aryl methyl sites for hydroxylation is 1. The van der Waals surface area contributed by atoms with Gasteiger partial charge in [0.15, 0.2) is 5.13 Å². The lowest BCUT2D eigenvalue weighted by Gasteiger charge is -2.03. The highest BCUT2D eigenvalue weighted by Crippen LogP contribution is 2.35. The molecular weight excluding hydrogens is 476 g/mol. The molecule has 4 rings (SSSR count). The lowest BCUT2D eigenvalue weighted by atomic mass is 10.2. The molecule has 0 unspecified atom stereocenters. The summed E-state index contributed by atoms with van der Waals surface area (Å²) in [5, 5.41) is 8.71. The number of ether oxygens (including phenoxy) is 1. The number of anilines is 1. The van der Waals surface area contributed by atoms with Crippen molar-refractivity contribution in [2.24, 2.45) is 0 Å². The van der Waals surface area contributed by atoms with Crippen LogP contribution >= 0.6 is 34.0 Å². The number of nitrogens with zero attached hydrogens (tertiary/aromatic N) is 2. The number of carbonyl (C=O) groups is 2. The highest BCUT2D eigenvalue weighted by atomic mass is 32.1. The predicted octanol–water partition coefficient (Wildman–Crippen LogP) is 5.59. The van der Waals surface area contributed by atoms with Gasteiger partial charge in [0.1, 0.15) is 16.5 Å². The topological polar surface area (TPSA) is 93.2 Å². The number of benzene rings is 1. The van der Waals surface area contributed by atoms with Gasteiger partial charge in [-0.05, 0) is 50.2 Å². The van der Waals surface area contributed by atoms with Crippen molar-refractivity contribution in [2.45, 2.75) is 27.3 Å². The Bertz CT molecular complexity index is 1270. The fourth-order valence-corrected chi connectivity index (χ4v) is 5.71. The number of hydrogen-bond acceptors (Lipinski definition) is 8. The number of aromatic nitrogens is 2. The van der Waals surface area contributed by atoms with E-state index in [-0.39, 0.29) is 11.8 Å². The zero-order chi connectivity index (χ0) is 23.4. The van der Waals surface area contributed by atoms with E-state index < -0.39 is 0 Å². The first-order valence-corrected chi connectivity index (χ1v) is 12.7. The summed E-state index contributed by atoms with van der Waals surface area (Å²) in [5.41, 5.74) is 2.12. The summed E-state index contributed by atoms with van der Waals surface area (Å²) in [6.45, 7) is 6.52. The van der Waals surface area contributed by atoms with Crippen LogP contribution in [0.5, 0.6) is 5.75 Å². The van der Waals surface area contributed by atoms with E-state index in [0.717, 1.165) is 36.6 Å². The summed E-state index contributed by atoms with van der Waals surface area (Å²) < 4.78 is 5.47. The Morgan fingerprint density at radius 1 is 1.06 bits per heavy atom. The average molecular weight is 499 g/mol. The van der Waals surface area contributed by atoms with E-state index in [1.807, 2.05) is 50.2 Å². The molecule has 4 aromatic rings. The van der Waals surface area contributed by atoms with Crippen LogP contribution in [0.4, 0.5) is 5.13 Å². The number of amides is 2. The maximum absolute atomic E-state index is 12.8. The third-order valence-corrected chi connectivity index (χ3v) is 7.44. The summed E-state index contributed by atoms with van der Waals surface area (Å²) in [7, 11) is 0. The van der Waals surface area contributed by atoms with E-state index in [4.69, 9.17) is 4.74 Å². The Morgan fingerprint density at radius 2 is 1.85 bits per heavy atom. The van der Waals surface area contributed by atoms with E-state index in [0.29, 0.717) is 24.0 Å². The minimum absolute atomic E-state index is 0.0625. The number of hydrogen-bond donors (Lipinski definition) is 2. The van der Waals surface area contributed by atoms with Crippen molar-refractivity contribution in [3.63, 3.8) is 0 Å². The van der Waals surface area contributed by atoms with Crippen molar-refractivity contribution in [2.75, 3.05) is 11.9 Å². The Morgan fingerprint density at radius 3 is 2.58 bits per heavy atom. The van der Waals surface area contributed by atoms with Crippen LogP contribution in [0.3, 0.4) is 0 Å². The molecule has 2 amide bonds. The maximum atomic E-state index is 12.8. The third kappa shape index (κ3) is 5.65. The van der Waals surface area contributed by atoms with Crippen LogP contribution in [0, 0.1) is 6.92 Å². The molecule has 0 aliphatic carbocycles. The van der Waals surface area contributed by atoms with Gasteiger partial charge in [0.05, 0.1) is 23.7 Å². The average Bonchev–Trinajstić information content (AvgIpc) is 3.53. The molecule has 0 atom stereocenters. The number of rotatable bonds is 8. The molecule has 7 nitrogen and oxygen atoms in total. The second kappa shape index (κ2) is 10.2. The summed E-state index contributed by atoms with van der Waals surface area (Å²) in [4.78, 5) is 36.0. The minimum Gasteiger partial charge on any atom is -0.494 e. The van der Waals surface area contributed by atoms with E-state index in [1.54, 1.807) is 16.7 Å². The summed E-state index contributed by atoms with van der Waals surface area (Å²) in [6, 6.07) is 11.6. The molecule has 1 aromatic carbocycles. The van der Waals surface area contributed by atoms with E-state index >= 15 is 0 Å². The van der Waals surface area contributed by atoms with Gasteiger partial charge in [-0.2, -0.15) is 0 Å². The quantitative estimate of drug-likeness (QED) is 0.330. The number of thiophene rings is 1. The lowest BCUT2D eigenvalue weighted by molar-refractivity contribution is -0.119. The van der Waals surface area contributed by atoms with Gasteiger partial charge < -0.3 is 10.1 Å². The molecule has 0 radical (unpaired) electrons. The van der Waals surface area contributed by atoms with Crippen molar-refractivity contribution in [1.82, 2.24) is 15.3 Å². The van der Waals surface area contributed by atoms with E-state index in [2.05, 4.69) is 20.6 Å². The maximum Gasteiger partial charge on any atom is 0.276 e. The standard InChI is InChI=1S/C23H22N4O3S3/c1-4-30-16-7-5-15(6-8-16)22-25-18(12-31-22)21(29)27-23-26-20(13(2)32-23)19-10-9-17(33-19)11-24-14(3)28/h5-10,12H,4,11H2,1-3H3,(H,24,28)(H,26,27,29). The van der Waals surface area contributed by atoms with Crippen molar-refractivity contribution < 1.29 is 14.3 Å². The van der Waals surface area contributed by atoms with Gasteiger partial charge in [0.2, 0.25) is 5.91 Å². The van der Waals surface area contributed by atoms with Crippen LogP contribution in [0.2, 0.25) is 0 Å². The van der Waals surface area contributed by atoms with Crippen molar-refractivity contribution in [3.8, 4) is 26.9 Å². The Kier molecular flexibility index (Phi) is 7.17. The van der Waals surface area contributed by atoms with Crippen molar-refractivity contribution in [1.29, 1.82) is 0 Å². The van der Waals surface area contributed by atoms with E-state index in [9.17, 15) is 9.59 Å². The lowest BCUT2D eigenvalue weighted by Crippen LogP contribution is -2.17. The summed E-state index contributed by atoms with van der Waals surface area (Å²) in [5.74, 6) is 0.451. The largest absolute Gasteiger partial charge is 0.494 e. The molecule has 0 spiro atoms. The van der Waals surface area contributed by atoms with Crippen LogP contribution < -0.4 is 15.4 Å². The van der Waals surface area contributed by atoms with Gasteiger partial charge in [0.25, 0.3) is 5.91 Å². The Hall–Kier alpha value is -3.08. The fraction of sp³-hybridized carbons (Fsp3) is 0.217. The smallest absolute Gasteiger partial charge is 0.276 e. The molecule has 3 heterocycles. The number of carbonyl (C=O) groups excluding carboxylic acids is 2. The minimum atomic E-state index is -0.290. The molecule has 0 aliphatic heterocycles. The van der Waals surface area contributed by atoms with Gasteiger partial charge in [0, 0.05) is 27.6 Å². The van der Waals surface area contributed by atoms with Gasteiger partial charge in [-0.15, -0.1) is 34.0 Å². The SMILES string of the molecule is CCOc1ccc(-c2nc(C(=O)Nc3nc(-c4ccc(CNC(C)=O)s4)c(C)s3)cs2)cc1. The second-order valence-electron chi connectivity index (χ2n) is 7.05. The zero-order valence-electron chi connectivity index (χ0n) is 18.3. The Labute approximate surface area is 203 Å². The van der Waals surface area contributed by atoms with Gasteiger partial charge in [-0.3, -0.25) is 14.9 Å². The normalized spacial score (nSPS) is 10.8. The number of thiazole rings is 2. The van der Waals surface area contributed by atoms with Crippen molar-refractivity contribution in [3.05, 3.63) is 57.2 Å². The molecule has 2 N–H and O–H groups in total. The molecule has 10 heteroatoms. The third-order valence-electron chi connectivity index (χ3n) is 4.57. The second-order valence-corrected chi connectivity index (χ2v) is 10.3. The molecule has 0 aliphatic rings. The first-order valence-electron chi connectivity index (χ1n) is 10.2. The highest BCUT2D eigenvalue weighted by Gasteiger charge is 2.17. The summed E-state index contributed by atoms with van der Waals surface area (Å²) in [6.07, 6.45) is 0. The molecular formula is C23H22N4O3S3. The van der Waals surface area contributed by atoms with Crippen molar-refractivity contribution >= 4 is 51.0 Å². The molecule has 0 saturated carbocycles. The molecule has 170 valence electrons.